The molecule has 29 heavy (non-hydrogen) atoms. The van der Waals surface area contributed by atoms with E-state index in [4.69, 9.17) is 4.74 Å². The van der Waals surface area contributed by atoms with Crippen molar-refractivity contribution < 1.29 is 9.53 Å². The summed E-state index contributed by atoms with van der Waals surface area (Å²) in [4.78, 5) is 16.8. The zero-order valence-corrected chi connectivity index (χ0v) is 15.7. The molecule has 1 aliphatic rings. The molecule has 2 heterocycles. The molecule has 0 N–H and O–H groups in total. The fourth-order valence-electron chi connectivity index (χ4n) is 3.56. The summed E-state index contributed by atoms with van der Waals surface area (Å²) in [5.41, 5.74) is 4.38. The van der Waals surface area contributed by atoms with Gasteiger partial charge in [-0.2, -0.15) is 0 Å². The van der Waals surface area contributed by atoms with Crippen molar-refractivity contribution in [1.29, 1.82) is 0 Å². The van der Waals surface area contributed by atoms with E-state index in [1.807, 2.05) is 66.7 Å². The lowest BCUT2D eigenvalue weighted by Gasteiger charge is -2.05. The number of carbonyl (C=O) groups is 1. The SMILES string of the molecule is O=C1OC(c2ccccc2)=N/C1=C/c1cn(Cc2ccccc2)c2ccccc12. The van der Waals surface area contributed by atoms with Gasteiger partial charge in [-0.15, -0.1) is 0 Å². The van der Waals surface area contributed by atoms with Crippen molar-refractivity contribution >= 4 is 28.8 Å². The van der Waals surface area contributed by atoms with Crippen molar-refractivity contribution in [2.75, 3.05) is 0 Å². The average molecular weight is 378 g/mol. The number of aromatic nitrogens is 1. The van der Waals surface area contributed by atoms with Gasteiger partial charge in [0, 0.05) is 34.8 Å². The summed E-state index contributed by atoms with van der Waals surface area (Å²) in [5, 5.41) is 1.08. The Balaban J connectivity index is 1.55. The summed E-state index contributed by atoms with van der Waals surface area (Å²) >= 11 is 0. The van der Waals surface area contributed by atoms with Crippen molar-refractivity contribution in [3.63, 3.8) is 0 Å². The van der Waals surface area contributed by atoms with Crippen LogP contribution >= 0.6 is 0 Å². The van der Waals surface area contributed by atoms with E-state index in [2.05, 4.69) is 40.0 Å². The third-order valence-corrected chi connectivity index (χ3v) is 4.95. The van der Waals surface area contributed by atoms with Crippen LogP contribution < -0.4 is 0 Å². The number of aliphatic imine (C=N–C) groups is 1. The van der Waals surface area contributed by atoms with E-state index in [0.29, 0.717) is 11.6 Å². The minimum atomic E-state index is -0.427. The predicted molar refractivity (Wildman–Crippen MR) is 115 cm³/mol. The number of rotatable bonds is 4. The molecule has 0 atom stereocenters. The summed E-state index contributed by atoms with van der Waals surface area (Å²) in [6.07, 6.45) is 3.87. The lowest BCUT2D eigenvalue weighted by Crippen LogP contribution is -2.04. The smallest absolute Gasteiger partial charge is 0.363 e. The van der Waals surface area contributed by atoms with Gasteiger partial charge in [-0.1, -0.05) is 66.7 Å². The highest BCUT2D eigenvalue weighted by atomic mass is 16.6. The van der Waals surface area contributed by atoms with E-state index in [9.17, 15) is 4.79 Å². The lowest BCUT2D eigenvalue weighted by molar-refractivity contribution is -0.129. The van der Waals surface area contributed by atoms with Gasteiger partial charge in [0.25, 0.3) is 0 Å². The van der Waals surface area contributed by atoms with Gasteiger partial charge in [-0.25, -0.2) is 9.79 Å². The Hall–Kier alpha value is -3.92. The van der Waals surface area contributed by atoms with Gasteiger partial charge in [-0.3, -0.25) is 0 Å². The highest BCUT2D eigenvalue weighted by molar-refractivity contribution is 6.13. The van der Waals surface area contributed by atoms with Gasteiger partial charge >= 0.3 is 5.97 Å². The second-order valence-corrected chi connectivity index (χ2v) is 6.92. The number of ether oxygens (including phenoxy) is 1. The van der Waals surface area contributed by atoms with Gasteiger partial charge in [0.1, 0.15) is 0 Å². The molecule has 0 saturated carbocycles. The Kier molecular flexibility index (Phi) is 4.30. The first-order chi connectivity index (χ1) is 14.3. The second-order valence-electron chi connectivity index (χ2n) is 6.92. The molecule has 0 radical (unpaired) electrons. The Morgan fingerprint density at radius 2 is 1.55 bits per heavy atom. The number of esters is 1. The molecule has 0 saturated heterocycles. The van der Waals surface area contributed by atoms with Crippen LogP contribution in [-0.4, -0.2) is 16.4 Å². The van der Waals surface area contributed by atoms with E-state index in [-0.39, 0.29) is 0 Å². The first kappa shape index (κ1) is 17.2. The van der Waals surface area contributed by atoms with E-state index in [1.165, 1.54) is 5.56 Å². The third kappa shape index (κ3) is 3.36. The summed E-state index contributed by atoms with van der Waals surface area (Å²) in [6, 6.07) is 27.9. The number of hydrogen-bond donors (Lipinski definition) is 0. The van der Waals surface area contributed by atoms with E-state index >= 15 is 0 Å². The van der Waals surface area contributed by atoms with Gasteiger partial charge in [0.15, 0.2) is 5.70 Å². The zero-order chi connectivity index (χ0) is 19.6. The summed E-state index contributed by atoms with van der Waals surface area (Å²) in [6.45, 7) is 0.757. The molecular formula is C25H18N2O2. The van der Waals surface area contributed by atoms with Crippen LogP contribution in [-0.2, 0) is 16.1 Å². The Morgan fingerprint density at radius 1 is 0.862 bits per heavy atom. The highest BCUT2D eigenvalue weighted by Gasteiger charge is 2.24. The lowest BCUT2D eigenvalue weighted by atomic mass is 10.1. The van der Waals surface area contributed by atoms with Gasteiger partial charge < -0.3 is 9.30 Å². The number of cyclic esters (lactones) is 1. The van der Waals surface area contributed by atoms with Crippen molar-refractivity contribution in [3.8, 4) is 0 Å². The fraction of sp³-hybridized carbons (Fsp3) is 0.0400. The number of fused-ring (bicyclic) bond motifs is 1. The molecule has 4 aromatic rings. The monoisotopic (exact) mass is 378 g/mol. The molecule has 0 aliphatic carbocycles. The van der Waals surface area contributed by atoms with E-state index in [0.717, 1.165) is 28.6 Å². The molecule has 0 amide bonds. The third-order valence-electron chi connectivity index (χ3n) is 4.95. The van der Waals surface area contributed by atoms with Crippen LogP contribution in [0.1, 0.15) is 16.7 Å². The molecule has 1 aromatic heterocycles. The van der Waals surface area contributed by atoms with Crippen molar-refractivity contribution in [1.82, 2.24) is 4.57 Å². The number of para-hydroxylation sites is 1. The summed E-state index contributed by atoms with van der Waals surface area (Å²) in [7, 11) is 0. The number of carbonyl (C=O) groups excluding carboxylic acids is 1. The topological polar surface area (TPSA) is 43.6 Å². The average Bonchev–Trinajstić information content (AvgIpc) is 3.31. The minimum absolute atomic E-state index is 0.312. The van der Waals surface area contributed by atoms with E-state index < -0.39 is 5.97 Å². The predicted octanol–water partition coefficient (Wildman–Crippen LogP) is 5.03. The van der Waals surface area contributed by atoms with Crippen molar-refractivity contribution in [3.05, 3.63) is 114 Å². The molecule has 1 aliphatic heterocycles. The first-order valence-corrected chi connectivity index (χ1v) is 9.48. The zero-order valence-electron chi connectivity index (χ0n) is 15.7. The molecule has 5 rings (SSSR count). The molecule has 4 heteroatoms. The van der Waals surface area contributed by atoms with Crippen LogP contribution in [0.4, 0.5) is 0 Å². The maximum Gasteiger partial charge on any atom is 0.363 e. The van der Waals surface area contributed by atoms with Gasteiger partial charge in [0.2, 0.25) is 5.90 Å². The van der Waals surface area contributed by atoms with Crippen LogP contribution in [0.15, 0.2) is 102 Å². The van der Waals surface area contributed by atoms with Crippen LogP contribution in [0.3, 0.4) is 0 Å². The molecule has 0 spiro atoms. The van der Waals surface area contributed by atoms with Crippen molar-refractivity contribution in [2.45, 2.75) is 6.54 Å². The van der Waals surface area contributed by atoms with Crippen LogP contribution in [0, 0.1) is 0 Å². The summed E-state index contributed by atoms with van der Waals surface area (Å²) < 4.78 is 7.58. The van der Waals surface area contributed by atoms with Crippen molar-refractivity contribution in [2.24, 2.45) is 4.99 Å². The largest absolute Gasteiger partial charge is 0.402 e. The standard InChI is InChI=1S/C25H18N2O2/c28-25-22(26-24(29-25)19-11-5-2-6-12-19)15-20-17-27(16-18-9-3-1-4-10-18)23-14-8-7-13-21(20)23/h1-15,17H,16H2/b22-15+. The molecule has 140 valence electrons. The normalized spacial score (nSPS) is 15.0. The number of nitrogens with zero attached hydrogens (tertiary/aromatic N) is 2. The number of hydrogen-bond acceptors (Lipinski definition) is 3. The molecule has 0 bridgehead atoms. The fourth-order valence-corrected chi connectivity index (χ4v) is 3.56. The molecule has 4 nitrogen and oxygen atoms in total. The quantitative estimate of drug-likeness (QED) is 0.369. The van der Waals surface area contributed by atoms with Gasteiger partial charge in [0.05, 0.1) is 0 Å². The highest BCUT2D eigenvalue weighted by Crippen LogP contribution is 2.26. The molecule has 0 fully saturated rings. The number of benzene rings is 3. The van der Waals surface area contributed by atoms with Crippen LogP contribution in [0.2, 0.25) is 0 Å². The summed E-state index contributed by atoms with van der Waals surface area (Å²) in [5.74, 6) is -0.0846. The Morgan fingerprint density at radius 3 is 2.34 bits per heavy atom. The maximum absolute atomic E-state index is 12.4. The Labute approximate surface area is 168 Å². The first-order valence-electron chi connectivity index (χ1n) is 9.48. The molecule has 3 aromatic carbocycles. The van der Waals surface area contributed by atoms with E-state index in [1.54, 1.807) is 0 Å². The molecular weight excluding hydrogens is 360 g/mol. The minimum Gasteiger partial charge on any atom is -0.402 e. The van der Waals surface area contributed by atoms with Crippen LogP contribution in [0.5, 0.6) is 0 Å². The van der Waals surface area contributed by atoms with Gasteiger partial charge in [-0.05, 0) is 29.8 Å². The maximum atomic E-state index is 12.4. The second kappa shape index (κ2) is 7.24. The Bertz CT molecular complexity index is 1250. The molecule has 0 unspecified atom stereocenters. The van der Waals surface area contributed by atoms with Crippen LogP contribution in [0.25, 0.3) is 17.0 Å².